The van der Waals surface area contributed by atoms with Gasteiger partial charge in [0.1, 0.15) is 0 Å². The van der Waals surface area contributed by atoms with Crippen LogP contribution in [0.4, 0.5) is 5.69 Å². The second-order valence-corrected chi connectivity index (χ2v) is 6.03. The highest BCUT2D eigenvalue weighted by Gasteiger charge is 2.09. The van der Waals surface area contributed by atoms with E-state index in [1.165, 1.54) is 4.88 Å². The van der Waals surface area contributed by atoms with Crippen LogP contribution in [0.15, 0.2) is 23.7 Å². The molecule has 4 heteroatoms. The molecule has 2 aromatic heterocycles. The molecule has 0 atom stereocenters. The van der Waals surface area contributed by atoms with Crippen molar-refractivity contribution in [2.75, 3.05) is 19.3 Å². The molecular formula is C15H21N3S. The zero-order valence-corrected chi connectivity index (χ0v) is 12.6. The minimum atomic E-state index is 0.849. The van der Waals surface area contributed by atoms with E-state index in [1.807, 2.05) is 24.5 Å². The number of thiophene rings is 1. The van der Waals surface area contributed by atoms with Crippen LogP contribution in [0.1, 0.15) is 21.7 Å². The summed E-state index contributed by atoms with van der Waals surface area (Å²) in [5.74, 6) is 0. The van der Waals surface area contributed by atoms with Gasteiger partial charge >= 0.3 is 0 Å². The number of aryl methyl sites for hydroxylation is 1. The lowest BCUT2D eigenvalue weighted by Crippen LogP contribution is -2.22. The maximum absolute atomic E-state index is 6.05. The lowest BCUT2D eigenvalue weighted by atomic mass is 10.1. The van der Waals surface area contributed by atoms with Crippen molar-refractivity contribution in [2.45, 2.75) is 26.8 Å². The lowest BCUT2D eigenvalue weighted by molar-refractivity contribution is 0.327. The third-order valence-electron chi connectivity index (χ3n) is 3.42. The molecule has 0 aliphatic carbocycles. The molecular weight excluding hydrogens is 254 g/mol. The van der Waals surface area contributed by atoms with Gasteiger partial charge in [-0.1, -0.05) is 6.07 Å². The molecule has 0 unspecified atom stereocenters. The van der Waals surface area contributed by atoms with Crippen LogP contribution in [0.5, 0.6) is 0 Å². The van der Waals surface area contributed by atoms with Gasteiger partial charge in [-0.2, -0.15) is 0 Å². The Balaban J connectivity index is 1.95. The van der Waals surface area contributed by atoms with E-state index in [9.17, 15) is 0 Å². The van der Waals surface area contributed by atoms with Crippen LogP contribution in [0.25, 0.3) is 0 Å². The number of anilines is 1. The van der Waals surface area contributed by atoms with Gasteiger partial charge in [0.05, 0.1) is 5.69 Å². The largest absolute Gasteiger partial charge is 0.398 e. The van der Waals surface area contributed by atoms with E-state index in [2.05, 4.69) is 41.4 Å². The average Bonchev–Trinajstić information content (AvgIpc) is 2.90. The Labute approximate surface area is 119 Å². The SMILES string of the molecule is Cc1cnc(CN(C)CCc2cccs2)c(C)c1N. The average molecular weight is 275 g/mol. The monoisotopic (exact) mass is 275 g/mol. The maximum atomic E-state index is 6.05. The van der Waals surface area contributed by atoms with Crippen molar-refractivity contribution in [2.24, 2.45) is 0 Å². The summed E-state index contributed by atoms with van der Waals surface area (Å²) in [5.41, 5.74) is 10.2. The van der Waals surface area contributed by atoms with E-state index in [-0.39, 0.29) is 0 Å². The first kappa shape index (κ1) is 14.0. The van der Waals surface area contributed by atoms with Crippen molar-refractivity contribution in [1.29, 1.82) is 0 Å². The van der Waals surface area contributed by atoms with Crippen LogP contribution < -0.4 is 5.73 Å². The predicted molar refractivity (Wildman–Crippen MR) is 82.5 cm³/mol. The molecule has 0 radical (unpaired) electrons. The Kier molecular flexibility index (Phi) is 4.56. The number of rotatable bonds is 5. The van der Waals surface area contributed by atoms with Crippen LogP contribution in [0.3, 0.4) is 0 Å². The Hall–Kier alpha value is -1.39. The minimum Gasteiger partial charge on any atom is -0.398 e. The van der Waals surface area contributed by atoms with Crippen molar-refractivity contribution >= 4 is 17.0 Å². The van der Waals surface area contributed by atoms with Gasteiger partial charge in [0.15, 0.2) is 0 Å². The lowest BCUT2D eigenvalue weighted by Gasteiger charge is -2.18. The van der Waals surface area contributed by atoms with E-state index in [1.54, 1.807) is 0 Å². The molecule has 0 saturated carbocycles. The molecule has 0 bridgehead atoms. The first-order chi connectivity index (χ1) is 9.08. The molecule has 3 nitrogen and oxygen atoms in total. The summed E-state index contributed by atoms with van der Waals surface area (Å²) < 4.78 is 0. The van der Waals surface area contributed by atoms with Crippen LogP contribution in [0.2, 0.25) is 0 Å². The van der Waals surface area contributed by atoms with Crippen LogP contribution >= 0.6 is 11.3 Å². The molecule has 0 aliphatic rings. The topological polar surface area (TPSA) is 42.2 Å². The summed E-state index contributed by atoms with van der Waals surface area (Å²) in [6.45, 7) is 5.94. The molecule has 0 aromatic carbocycles. The summed E-state index contributed by atoms with van der Waals surface area (Å²) in [4.78, 5) is 8.23. The summed E-state index contributed by atoms with van der Waals surface area (Å²) in [7, 11) is 2.13. The van der Waals surface area contributed by atoms with Gasteiger partial charge < -0.3 is 10.6 Å². The van der Waals surface area contributed by atoms with Gasteiger partial charge in [-0.05, 0) is 49.9 Å². The van der Waals surface area contributed by atoms with Crippen molar-refractivity contribution in [3.63, 3.8) is 0 Å². The number of aromatic nitrogens is 1. The van der Waals surface area contributed by atoms with Crippen molar-refractivity contribution < 1.29 is 0 Å². The highest BCUT2D eigenvalue weighted by molar-refractivity contribution is 7.09. The molecule has 0 amide bonds. The van der Waals surface area contributed by atoms with Crippen LogP contribution in [-0.2, 0) is 13.0 Å². The minimum absolute atomic E-state index is 0.849. The molecule has 2 heterocycles. The molecule has 0 spiro atoms. The first-order valence-electron chi connectivity index (χ1n) is 6.49. The molecule has 19 heavy (non-hydrogen) atoms. The number of hydrogen-bond acceptors (Lipinski definition) is 4. The van der Waals surface area contributed by atoms with Crippen LogP contribution in [-0.4, -0.2) is 23.5 Å². The zero-order chi connectivity index (χ0) is 13.8. The third kappa shape index (κ3) is 3.55. The molecule has 2 aromatic rings. The highest BCUT2D eigenvalue weighted by Crippen LogP contribution is 2.19. The van der Waals surface area contributed by atoms with Gasteiger partial charge in [-0.15, -0.1) is 11.3 Å². The summed E-state index contributed by atoms with van der Waals surface area (Å²) >= 11 is 1.82. The molecule has 2 rings (SSSR count). The summed E-state index contributed by atoms with van der Waals surface area (Å²) in [5, 5.41) is 2.13. The smallest absolute Gasteiger partial charge is 0.0593 e. The Bertz CT molecular complexity index is 535. The van der Waals surface area contributed by atoms with E-state index in [0.717, 1.165) is 42.0 Å². The Morgan fingerprint density at radius 1 is 1.37 bits per heavy atom. The number of pyridine rings is 1. The fourth-order valence-corrected chi connectivity index (χ4v) is 2.74. The van der Waals surface area contributed by atoms with Gasteiger partial charge in [0.2, 0.25) is 0 Å². The second kappa shape index (κ2) is 6.17. The molecule has 0 saturated heterocycles. The van der Waals surface area contributed by atoms with Gasteiger partial charge in [0, 0.05) is 29.9 Å². The van der Waals surface area contributed by atoms with Gasteiger partial charge in [0.25, 0.3) is 0 Å². The van der Waals surface area contributed by atoms with E-state index >= 15 is 0 Å². The number of nitrogens with zero attached hydrogens (tertiary/aromatic N) is 2. The summed E-state index contributed by atoms with van der Waals surface area (Å²) in [6.07, 6.45) is 2.96. The maximum Gasteiger partial charge on any atom is 0.0593 e. The normalized spacial score (nSPS) is 11.2. The van der Waals surface area contributed by atoms with Crippen molar-refractivity contribution in [3.05, 3.63) is 45.4 Å². The quantitative estimate of drug-likeness (QED) is 0.912. The molecule has 0 aliphatic heterocycles. The number of nitrogen functional groups attached to an aromatic ring is 1. The van der Waals surface area contributed by atoms with E-state index in [4.69, 9.17) is 5.73 Å². The van der Waals surface area contributed by atoms with E-state index < -0.39 is 0 Å². The molecule has 2 N–H and O–H groups in total. The first-order valence-corrected chi connectivity index (χ1v) is 7.37. The third-order valence-corrected chi connectivity index (χ3v) is 4.35. The zero-order valence-electron chi connectivity index (χ0n) is 11.8. The molecule has 102 valence electrons. The highest BCUT2D eigenvalue weighted by atomic mass is 32.1. The predicted octanol–water partition coefficient (Wildman–Crippen LogP) is 3.02. The fraction of sp³-hybridized carbons (Fsp3) is 0.400. The van der Waals surface area contributed by atoms with Crippen molar-refractivity contribution in [1.82, 2.24) is 9.88 Å². The van der Waals surface area contributed by atoms with Crippen LogP contribution in [0, 0.1) is 13.8 Å². The molecule has 0 fully saturated rings. The number of nitrogens with two attached hydrogens (primary N) is 1. The van der Waals surface area contributed by atoms with Gasteiger partial charge in [-0.3, -0.25) is 4.98 Å². The van der Waals surface area contributed by atoms with E-state index in [0.29, 0.717) is 0 Å². The summed E-state index contributed by atoms with van der Waals surface area (Å²) in [6, 6.07) is 4.29. The Morgan fingerprint density at radius 2 is 2.16 bits per heavy atom. The number of hydrogen-bond donors (Lipinski definition) is 1. The fourth-order valence-electron chi connectivity index (χ4n) is 2.04. The number of likely N-dealkylation sites (N-methyl/N-ethyl adjacent to an activating group) is 1. The van der Waals surface area contributed by atoms with Crippen molar-refractivity contribution in [3.8, 4) is 0 Å². The Morgan fingerprint density at radius 3 is 2.84 bits per heavy atom. The standard InChI is InChI=1S/C15H21N3S/c1-11-9-17-14(12(2)15(11)16)10-18(3)7-6-13-5-4-8-19-13/h4-5,8-9H,6-7,10H2,1-3H3,(H2,16,17). The van der Waals surface area contributed by atoms with Gasteiger partial charge in [-0.25, -0.2) is 0 Å². The second-order valence-electron chi connectivity index (χ2n) is 4.99.